The van der Waals surface area contributed by atoms with Gasteiger partial charge in [-0.2, -0.15) is 10.5 Å². The van der Waals surface area contributed by atoms with Gasteiger partial charge in [0.25, 0.3) is 0 Å². The van der Waals surface area contributed by atoms with E-state index in [9.17, 15) is 0 Å². The molecule has 0 saturated heterocycles. The van der Waals surface area contributed by atoms with Gasteiger partial charge in [-0.05, 0) is 12.1 Å². The van der Waals surface area contributed by atoms with Crippen molar-refractivity contribution in [3.05, 3.63) is 24.5 Å². The molecule has 2 rings (SSSR count). The topological polar surface area (TPSA) is 133 Å². The van der Waals surface area contributed by atoms with Gasteiger partial charge in [-0.15, -0.1) is 0 Å². The Morgan fingerprint density at radius 2 is 1.88 bits per heavy atom. The fourth-order valence-electron chi connectivity index (χ4n) is 2.14. The van der Waals surface area contributed by atoms with E-state index < -0.39 is 0 Å². The van der Waals surface area contributed by atoms with Crippen LogP contribution >= 0.6 is 0 Å². The molecule has 0 atom stereocenters. The van der Waals surface area contributed by atoms with Crippen LogP contribution in [0.4, 0.5) is 23.0 Å². The lowest BCUT2D eigenvalue weighted by atomic mass is 10.2. The first-order valence-corrected chi connectivity index (χ1v) is 7.23. The first-order valence-electron chi connectivity index (χ1n) is 7.23. The van der Waals surface area contributed by atoms with Gasteiger partial charge >= 0.3 is 0 Å². The molecule has 25 heavy (non-hydrogen) atoms. The molecular formula is C16H17N7O2. The molecule has 1 aromatic carbocycles. The van der Waals surface area contributed by atoms with Crippen LogP contribution in [0.3, 0.4) is 0 Å². The predicted octanol–water partition coefficient (Wildman–Crippen LogP) is 1.67. The molecule has 128 valence electrons. The molecule has 0 radical (unpaired) electrons. The monoisotopic (exact) mass is 339 g/mol. The van der Waals surface area contributed by atoms with Crippen LogP contribution in [-0.2, 0) is 0 Å². The van der Waals surface area contributed by atoms with Gasteiger partial charge in [0.2, 0.25) is 0 Å². The van der Waals surface area contributed by atoms with Crippen LogP contribution in [0.25, 0.3) is 0 Å². The minimum absolute atomic E-state index is 0.0138. The number of aromatic nitrogens is 2. The number of methoxy groups -OCH3 is 2. The third kappa shape index (κ3) is 3.98. The smallest absolute Gasteiger partial charge is 0.159 e. The van der Waals surface area contributed by atoms with Crippen LogP contribution in [0.1, 0.15) is 0 Å². The molecule has 2 aromatic rings. The third-order valence-corrected chi connectivity index (χ3v) is 3.35. The lowest BCUT2D eigenvalue weighted by Gasteiger charge is -2.20. The summed E-state index contributed by atoms with van der Waals surface area (Å²) in [6, 6.07) is 9.22. The summed E-state index contributed by atoms with van der Waals surface area (Å²) in [6.07, 6.45) is 1.31. The lowest BCUT2D eigenvalue weighted by molar-refractivity contribution is 0.395. The standard InChI is InChI=1S/C16H17N7O2/c1-24-11-3-4-12(13(9-11)25-2)22-15-14(19)16(21-10-20-15)23(7-5-17)8-6-18/h3-4,9-10H,7-8,19H2,1-2H3,(H,20,21,22). The Labute approximate surface area is 145 Å². The maximum atomic E-state index is 8.91. The van der Waals surface area contributed by atoms with Crippen molar-refractivity contribution in [2.45, 2.75) is 0 Å². The molecule has 3 N–H and O–H groups in total. The fraction of sp³-hybridized carbons (Fsp3) is 0.250. The minimum Gasteiger partial charge on any atom is -0.497 e. The largest absolute Gasteiger partial charge is 0.497 e. The number of nitrogens with zero attached hydrogens (tertiary/aromatic N) is 5. The van der Waals surface area contributed by atoms with E-state index in [0.29, 0.717) is 28.8 Å². The number of nitrogen functional groups attached to an aromatic ring is 1. The number of nitrogens with two attached hydrogens (primary N) is 1. The van der Waals surface area contributed by atoms with Crippen LogP contribution < -0.4 is 25.4 Å². The van der Waals surface area contributed by atoms with Gasteiger partial charge < -0.3 is 25.4 Å². The number of anilines is 4. The highest BCUT2D eigenvalue weighted by atomic mass is 16.5. The van der Waals surface area contributed by atoms with Crippen molar-refractivity contribution in [2.75, 3.05) is 43.3 Å². The van der Waals surface area contributed by atoms with Gasteiger partial charge in [-0.25, -0.2) is 9.97 Å². The highest BCUT2D eigenvalue weighted by Crippen LogP contribution is 2.34. The van der Waals surface area contributed by atoms with E-state index in [0.717, 1.165) is 0 Å². The van der Waals surface area contributed by atoms with Crippen molar-refractivity contribution < 1.29 is 9.47 Å². The van der Waals surface area contributed by atoms with E-state index in [-0.39, 0.29) is 18.8 Å². The Kier molecular flexibility index (Phi) is 5.80. The zero-order valence-electron chi connectivity index (χ0n) is 13.9. The number of benzene rings is 1. The summed E-state index contributed by atoms with van der Waals surface area (Å²) in [4.78, 5) is 9.68. The third-order valence-electron chi connectivity index (χ3n) is 3.35. The van der Waals surface area contributed by atoms with Gasteiger partial charge in [0, 0.05) is 6.07 Å². The van der Waals surface area contributed by atoms with E-state index in [2.05, 4.69) is 15.3 Å². The van der Waals surface area contributed by atoms with Crippen molar-refractivity contribution >= 4 is 23.0 Å². The Morgan fingerprint density at radius 3 is 2.48 bits per heavy atom. The SMILES string of the molecule is COc1ccc(Nc2ncnc(N(CC#N)CC#N)c2N)c(OC)c1. The van der Waals surface area contributed by atoms with E-state index in [1.165, 1.54) is 18.3 Å². The maximum absolute atomic E-state index is 8.91. The van der Waals surface area contributed by atoms with E-state index >= 15 is 0 Å². The minimum atomic E-state index is -0.0138. The lowest BCUT2D eigenvalue weighted by Crippen LogP contribution is -2.26. The normalized spacial score (nSPS) is 9.60. The molecule has 1 heterocycles. The second-order valence-electron chi connectivity index (χ2n) is 4.82. The van der Waals surface area contributed by atoms with Gasteiger partial charge in [-0.3, -0.25) is 0 Å². The number of ether oxygens (including phenoxy) is 2. The van der Waals surface area contributed by atoms with Crippen molar-refractivity contribution in [3.63, 3.8) is 0 Å². The zero-order chi connectivity index (χ0) is 18.2. The van der Waals surface area contributed by atoms with Crippen molar-refractivity contribution in [1.29, 1.82) is 10.5 Å². The van der Waals surface area contributed by atoms with Crippen LogP contribution in [0.5, 0.6) is 11.5 Å². The maximum Gasteiger partial charge on any atom is 0.159 e. The molecule has 9 heteroatoms. The second kappa shape index (κ2) is 8.22. The summed E-state index contributed by atoms with van der Waals surface area (Å²) >= 11 is 0. The summed E-state index contributed by atoms with van der Waals surface area (Å²) < 4.78 is 10.5. The van der Waals surface area contributed by atoms with Gasteiger partial charge in [0.05, 0.1) is 32.0 Å². The Hall–Kier alpha value is -3.72. The molecule has 0 aliphatic carbocycles. The molecule has 0 fully saturated rings. The Balaban J connectivity index is 2.37. The number of hydrogen-bond acceptors (Lipinski definition) is 9. The van der Waals surface area contributed by atoms with E-state index in [1.54, 1.807) is 25.3 Å². The molecule has 0 saturated carbocycles. The highest BCUT2D eigenvalue weighted by molar-refractivity contribution is 5.80. The molecule has 0 bridgehead atoms. The zero-order valence-corrected chi connectivity index (χ0v) is 13.9. The van der Waals surface area contributed by atoms with Crippen LogP contribution in [0.2, 0.25) is 0 Å². The number of hydrogen-bond donors (Lipinski definition) is 2. The molecule has 0 amide bonds. The molecule has 0 spiro atoms. The average molecular weight is 339 g/mol. The Morgan fingerprint density at radius 1 is 1.16 bits per heavy atom. The summed E-state index contributed by atoms with van der Waals surface area (Å²) in [5.74, 6) is 1.85. The number of rotatable bonds is 7. The first kappa shape index (κ1) is 17.6. The summed E-state index contributed by atoms with van der Waals surface area (Å²) in [7, 11) is 3.10. The summed E-state index contributed by atoms with van der Waals surface area (Å²) in [5.41, 5.74) is 6.99. The second-order valence-corrected chi connectivity index (χ2v) is 4.82. The van der Waals surface area contributed by atoms with Crippen LogP contribution in [-0.4, -0.2) is 37.3 Å². The van der Waals surface area contributed by atoms with Crippen molar-refractivity contribution in [3.8, 4) is 23.6 Å². The predicted molar refractivity (Wildman–Crippen MR) is 92.7 cm³/mol. The summed E-state index contributed by atoms with van der Waals surface area (Å²) in [6.45, 7) is -0.0276. The summed E-state index contributed by atoms with van der Waals surface area (Å²) in [5, 5.41) is 20.9. The molecule has 0 aliphatic rings. The molecule has 0 unspecified atom stereocenters. The number of nitriles is 2. The van der Waals surface area contributed by atoms with Crippen LogP contribution in [0, 0.1) is 22.7 Å². The first-order chi connectivity index (χ1) is 12.1. The van der Waals surface area contributed by atoms with E-state index in [1.807, 2.05) is 12.1 Å². The van der Waals surface area contributed by atoms with Crippen molar-refractivity contribution in [2.24, 2.45) is 0 Å². The molecular weight excluding hydrogens is 322 g/mol. The van der Waals surface area contributed by atoms with Gasteiger partial charge in [0.15, 0.2) is 11.6 Å². The molecule has 1 aromatic heterocycles. The van der Waals surface area contributed by atoms with E-state index in [4.69, 9.17) is 25.7 Å². The number of nitrogens with one attached hydrogen (secondary N) is 1. The van der Waals surface area contributed by atoms with Crippen molar-refractivity contribution in [1.82, 2.24) is 9.97 Å². The Bertz CT molecular complexity index is 810. The average Bonchev–Trinajstić information content (AvgIpc) is 2.63. The van der Waals surface area contributed by atoms with Crippen LogP contribution in [0.15, 0.2) is 24.5 Å². The quantitative estimate of drug-likeness (QED) is 0.722. The highest BCUT2D eigenvalue weighted by Gasteiger charge is 2.16. The molecule has 0 aliphatic heterocycles. The van der Waals surface area contributed by atoms with Gasteiger partial charge in [0.1, 0.15) is 36.6 Å². The fourth-order valence-corrected chi connectivity index (χ4v) is 2.14. The van der Waals surface area contributed by atoms with Gasteiger partial charge in [-0.1, -0.05) is 0 Å². The molecule has 9 nitrogen and oxygen atoms in total.